The van der Waals surface area contributed by atoms with Gasteiger partial charge in [-0.15, -0.1) is 0 Å². The van der Waals surface area contributed by atoms with Crippen molar-refractivity contribution >= 4 is 15.9 Å². The average Bonchev–Trinajstić information content (AvgIpc) is 2.36. The second kappa shape index (κ2) is 7.11. The number of halogens is 1. The first-order valence-corrected chi connectivity index (χ1v) is 7.52. The van der Waals surface area contributed by atoms with Gasteiger partial charge in [0.15, 0.2) is 0 Å². The molecule has 1 unspecified atom stereocenters. The average molecular weight is 283 g/mol. The molecule has 0 aliphatic rings. The number of unbranched alkanes of at least 4 members (excludes halogenated alkanes) is 2. The second-order valence-corrected chi connectivity index (χ2v) is 5.15. The fraction of sp³-hybridized carbons (Fsp3) is 0.600. The van der Waals surface area contributed by atoms with Gasteiger partial charge in [-0.1, -0.05) is 79.4 Å². The van der Waals surface area contributed by atoms with Crippen LogP contribution in [0.4, 0.5) is 0 Å². The molecule has 0 aromatic heterocycles. The van der Waals surface area contributed by atoms with Gasteiger partial charge in [0.25, 0.3) is 0 Å². The van der Waals surface area contributed by atoms with E-state index in [0.29, 0.717) is 5.41 Å². The van der Waals surface area contributed by atoms with E-state index < -0.39 is 0 Å². The summed E-state index contributed by atoms with van der Waals surface area (Å²) in [7, 11) is 0. The normalized spacial score (nSPS) is 14.7. The molecule has 1 heteroatoms. The summed E-state index contributed by atoms with van der Waals surface area (Å²) in [4.78, 5) is 0. The van der Waals surface area contributed by atoms with E-state index in [1.807, 2.05) is 0 Å². The second-order valence-electron chi connectivity index (χ2n) is 4.59. The van der Waals surface area contributed by atoms with Crippen LogP contribution in [0.5, 0.6) is 0 Å². The maximum Gasteiger partial charge on any atom is 0.0128 e. The Morgan fingerprint density at radius 1 is 1.06 bits per heavy atom. The third-order valence-corrected chi connectivity index (χ3v) is 4.65. The number of hydrogen-bond acceptors (Lipinski definition) is 0. The minimum Gasteiger partial charge on any atom is -0.0918 e. The molecule has 0 radical (unpaired) electrons. The highest BCUT2D eigenvalue weighted by Gasteiger charge is 2.28. The van der Waals surface area contributed by atoms with Crippen LogP contribution in [0.25, 0.3) is 0 Å². The van der Waals surface area contributed by atoms with Gasteiger partial charge in [0.2, 0.25) is 0 Å². The zero-order valence-corrected chi connectivity index (χ0v) is 12.1. The summed E-state index contributed by atoms with van der Waals surface area (Å²) in [5, 5.41) is 1.07. The summed E-state index contributed by atoms with van der Waals surface area (Å²) < 4.78 is 0. The lowest BCUT2D eigenvalue weighted by molar-refractivity contribution is 0.408. The fourth-order valence-corrected chi connectivity index (χ4v) is 3.27. The predicted molar refractivity (Wildman–Crippen MR) is 76.3 cm³/mol. The Hall–Kier alpha value is -0.300. The van der Waals surface area contributed by atoms with E-state index >= 15 is 0 Å². The van der Waals surface area contributed by atoms with Crippen LogP contribution in [-0.4, -0.2) is 5.33 Å². The number of benzene rings is 1. The van der Waals surface area contributed by atoms with Crippen LogP contribution in [0.1, 0.15) is 51.5 Å². The Morgan fingerprint density at radius 3 is 2.25 bits per heavy atom. The summed E-state index contributed by atoms with van der Waals surface area (Å²) in [6.45, 7) is 4.57. The van der Waals surface area contributed by atoms with E-state index in [0.717, 1.165) is 5.33 Å². The van der Waals surface area contributed by atoms with Gasteiger partial charge >= 0.3 is 0 Å². The summed E-state index contributed by atoms with van der Waals surface area (Å²) >= 11 is 3.72. The van der Waals surface area contributed by atoms with Crippen molar-refractivity contribution < 1.29 is 0 Å². The van der Waals surface area contributed by atoms with E-state index in [-0.39, 0.29) is 0 Å². The lowest BCUT2D eigenvalue weighted by Crippen LogP contribution is -2.27. The summed E-state index contributed by atoms with van der Waals surface area (Å²) in [6.07, 6.45) is 6.50. The molecular weight excluding hydrogens is 260 g/mol. The molecule has 90 valence electrons. The molecule has 0 aliphatic heterocycles. The van der Waals surface area contributed by atoms with Crippen LogP contribution in [0, 0.1) is 0 Å². The molecule has 1 rings (SSSR count). The van der Waals surface area contributed by atoms with Gasteiger partial charge in [0.1, 0.15) is 0 Å². The molecule has 0 amide bonds. The van der Waals surface area contributed by atoms with Gasteiger partial charge < -0.3 is 0 Å². The van der Waals surface area contributed by atoms with Crippen molar-refractivity contribution in [2.75, 3.05) is 5.33 Å². The largest absolute Gasteiger partial charge is 0.0918 e. The Bertz CT molecular complexity index is 275. The molecule has 1 aromatic carbocycles. The number of rotatable bonds is 7. The van der Waals surface area contributed by atoms with Gasteiger partial charge in [0, 0.05) is 10.7 Å². The van der Waals surface area contributed by atoms with Crippen molar-refractivity contribution in [3.63, 3.8) is 0 Å². The Labute approximate surface area is 109 Å². The maximum atomic E-state index is 3.72. The number of alkyl halides is 1. The SMILES string of the molecule is CCCCCC(CC)(CBr)c1ccccc1. The molecule has 0 N–H and O–H groups in total. The zero-order valence-electron chi connectivity index (χ0n) is 10.5. The van der Waals surface area contributed by atoms with Gasteiger partial charge in [-0.05, 0) is 18.4 Å². The van der Waals surface area contributed by atoms with Gasteiger partial charge in [-0.25, -0.2) is 0 Å². The first-order valence-electron chi connectivity index (χ1n) is 6.40. The van der Waals surface area contributed by atoms with E-state index in [9.17, 15) is 0 Å². The first-order chi connectivity index (χ1) is 7.79. The van der Waals surface area contributed by atoms with Crippen LogP contribution >= 0.6 is 15.9 Å². The van der Waals surface area contributed by atoms with E-state index in [1.54, 1.807) is 0 Å². The van der Waals surface area contributed by atoms with Gasteiger partial charge in [-0.3, -0.25) is 0 Å². The fourth-order valence-electron chi connectivity index (χ4n) is 2.27. The first kappa shape index (κ1) is 13.8. The predicted octanol–water partition coefficient (Wildman–Crippen LogP) is 5.31. The Balaban J connectivity index is 2.79. The van der Waals surface area contributed by atoms with Crippen molar-refractivity contribution in [2.45, 2.75) is 51.4 Å². The summed E-state index contributed by atoms with van der Waals surface area (Å²) in [5.41, 5.74) is 1.83. The Morgan fingerprint density at radius 2 is 1.75 bits per heavy atom. The molecule has 0 fully saturated rings. The van der Waals surface area contributed by atoms with Gasteiger partial charge in [0.05, 0.1) is 0 Å². The third-order valence-electron chi connectivity index (χ3n) is 3.58. The van der Waals surface area contributed by atoms with E-state index in [4.69, 9.17) is 0 Å². The zero-order chi connectivity index (χ0) is 11.9. The van der Waals surface area contributed by atoms with Crippen LogP contribution in [0.2, 0.25) is 0 Å². The molecule has 0 nitrogen and oxygen atoms in total. The lowest BCUT2D eigenvalue weighted by atomic mass is 9.76. The van der Waals surface area contributed by atoms with E-state index in [2.05, 4.69) is 60.1 Å². The molecule has 0 spiro atoms. The molecule has 0 saturated carbocycles. The smallest absolute Gasteiger partial charge is 0.0128 e. The molecule has 0 saturated heterocycles. The minimum absolute atomic E-state index is 0.344. The van der Waals surface area contributed by atoms with Crippen LogP contribution in [0.15, 0.2) is 30.3 Å². The highest BCUT2D eigenvalue weighted by atomic mass is 79.9. The monoisotopic (exact) mass is 282 g/mol. The molecule has 0 heterocycles. The minimum atomic E-state index is 0.344. The molecule has 1 atom stereocenters. The van der Waals surface area contributed by atoms with Crippen LogP contribution < -0.4 is 0 Å². The Kier molecular flexibility index (Phi) is 6.12. The highest BCUT2D eigenvalue weighted by molar-refractivity contribution is 9.09. The van der Waals surface area contributed by atoms with Crippen molar-refractivity contribution in [1.29, 1.82) is 0 Å². The van der Waals surface area contributed by atoms with Crippen molar-refractivity contribution in [3.05, 3.63) is 35.9 Å². The standard InChI is InChI=1S/C15H23Br/c1-3-5-9-12-15(4-2,13-16)14-10-7-6-8-11-14/h6-8,10-11H,3-5,9,12-13H2,1-2H3. The topological polar surface area (TPSA) is 0 Å². The molecule has 1 aromatic rings. The van der Waals surface area contributed by atoms with E-state index in [1.165, 1.54) is 37.7 Å². The molecule has 0 aliphatic carbocycles. The third kappa shape index (κ3) is 3.35. The van der Waals surface area contributed by atoms with Crippen molar-refractivity contribution in [3.8, 4) is 0 Å². The quantitative estimate of drug-likeness (QED) is 0.470. The van der Waals surface area contributed by atoms with Crippen molar-refractivity contribution in [1.82, 2.24) is 0 Å². The maximum absolute atomic E-state index is 3.72. The van der Waals surface area contributed by atoms with Crippen LogP contribution in [-0.2, 0) is 5.41 Å². The molecule has 16 heavy (non-hydrogen) atoms. The summed E-state index contributed by atoms with van der Waals surface area (Å²) in [6, 6.07) is 11.0. The van der Waals surface area contributed by atoms with Gasteiger partial charge in [-0.2, -0.15) is 0 Å². The van der Waals surface area contributed by atoms with Crippen LogP contribution in [0.3, 0.4) is 0 Å². The summed E-state index contributed by atoms with van der Waals surface area (Å²) in [5.74, 6) is 0. The molecule has 0 bridgehead atoms. The molecular formula is C15H23Br. The lowest BCUT2D eigenvalue weighted by Gasteiger charge is -2.31. The number of hydrogen-bond donors (Lipinski definition) is 0. The van der Waals surface area contributed by atoms with Crippen molar-refractivity contribution in [2.24, 2.45) is 0 Å². The highest BCUT2D eigenvalue weighted by Crippen LogP contribution is 2.35.